The zero-order valence-electron chi connectivity index (χ0n) is 12.1. The molecule has 0 radical (unpaired) electrons. The monoisotopic (exact) mass is 309 g/mol. The number of nitrogens with zero attached hydrogens (tertiary/aromatic N) is 2. The third-order valence-corrected chi connectivity index (χ3v) is 4.41. The minimum atomic E-state index is -0.165. The third-order valence-electron chi connectivity index (χ3n) is 3.91. The maximum atomic E-state index is 12.8. The summed E-state index contributed by atoms with van der Waals surface area (Å²) >= 11 is 6.25. The molecule has 2 rings (SSSR count). The standard InChI is InChI=1S/C15H20ClN3O2/c1-10-5-4-8-12(14(10)16)15(20)19(9-13(17)18-21)11-6-2-3-7-11/h4-5,8,11,21H,2-3,6-7,9H2,1H3,(H2,17,18). The summed E-state index contributed by atoms with van der Waals surface area (Å²) in [5.74, 6) is -0.138. The fourth-order valence-corrected chi connectivity index (χ4v) is 2.96. The van der Waals surface area contributed by atoms with Crippen LogP contribution in [-0.2, 0) is 0 Å². The molecule has 6 heteroatoms. The van der Waals surface area contributed by atoms with Crippen molar-refractivity contribution in [2.45, 2.75) is 38.6 Å². The SMILES string of the molecule is Cc1cccc(C(=O)N(C/C(N)=N/O)C2CCCC2)c1Cl. The fourth-order valence-electron chi connectivity index (χ4n) is 2.76. The van der Waals surface area contributed by atoms with Gasteiger partial charge in [-0.25, -0.2) is 0 Å². The van der Waals surface area contributed by atoms with E-state index in [4.69, 9.17) is 22.5 Å². The van der Waals surface area contributed by atoms with E-state index in [1.54, 1.807) is 11.0 Å². The summed E-state index contributed by atoms with van der Waals surface area (Å²) in [7, 11) is 0. The third kappa shape index (κ3) is 3.47. The molecule has 0 saturated heterocycles. The van der Waals surface area contributed by atoms with Gasteiger partial charge in [-0.1, -0.05) is 41.7 Å². The molecule has 0 heterocycles. The molecule has 1 aromatic rings. The van der Waals surface area contributed by atoms with E-state index >= 15 is 0 Å². The first-order valence-electron chi connectivity index (χ1n) is 7.07. The summed E-state index contributed by atoms with van der Waals surface area (Å²) in [6.07, 6.45) is 4.06. The Bertz CT molecular complexity index is 554. The molecule has 0 unspecified atom stereocenters. The number of amides is 1. The van der Waals surface area contributed by atoms with E-state index in [9.17, 15) is 4.79 Å². The van der Waals surface area contributed by atoms with E-state index in [0.29, 0.717) is 10.6 Å². The number of amidine groups is 1. The zero-order chi connectivity index (χ0) is 15.4. The number of halogens is 1. The predicted octanol–water partition coefficient (Wildman–Crippen LogP) is 2.78. The number of nitrogens with two attached hydrogens (primary N) is 1. The van der Waals surface area contributed by atoms with Crippen LogP contribution >= 0.6 is 11.6 Å². The number of oxime groups is 1. The van der Waals surface area contributed by atoms with Gasteiger partial charge in [0.1, 0.15) is 0 Å². The Morgan fingerprint density at radius 1 is 1.48 bits per heavy atom. The quantitative estimate of drug-likeness (QED) is 0.388. The summed E-state index contributed by atoms with van der Waals surface area (Å²) in [6.45, 7) is 1.98. The van der Waals surface area contributed by atoms with Crippen LogP contribution in [0.5, 0.6) is 0 Å². The van der Waals surface area contributed by atoms with Crippen LogP contribution in [0.4, 0.5) is 0 Å². The molecule has 0 bridgehead atoms. The second-order valence-corrected chi connectivity index (χ2v) is 5.78. The van der Waals surface area contributed by atoms with Crippen LogP contribution in [-0.4, -0.2) is 34.4 Å². The molecule has 0 aromatic heterocycles. The number of hydrogen-bond acceptors (Lipinski definition) is 3. The van der Waals surface area contributed by atoms with Gasteiger partial charge < -0.3 is 15.8 Å². The highest BCUT2D eigenvalue weighted by atomic mass is 35.5. The fraction of sp³-hybridized carbons (Fsp3) is 0.467. The molecule has 0 spiro atoms. The number of rotatable bonds is 4. The van der Waals surface area contributed by atoms with E-state index in [2.05, 4.69) is 5.16 Å². The number of aryl methyl sites for hydroxylation is 1. The first kappa shape index (κ1) is 15.6. The van der Waals surface area contributed by atoms with Gasteiger partial charge in [-0.05, 0) is 31.4 Å². The summed E-state index contributed by atoms with van der Waals surface area (Å²) < 4.78 is 0. The van der Waals surface area contributed by atoms with Crippen molar-refractivity contribution >= 4 is 23.3 Å². The molecule has 1 fully saturated rings. The first-order chi connectivity index (χ1) is 10.0. The van der Waals surface area contributed by atoms with Gasteiger partial charge in [0.15, 0.2) is 5.84 Å². The Hall–Kier alpha value is -1.75. The molecule has 3 N–H and O–H groups in total. The Kier molecular flexibility index (Phi) is 5.07. The number of carbonyl (C=O) groups is 1. The Labute approximate surface area is 129 Å². The Morgan fingerprint density at radius 2 is 2.14 bits per heavy atom. The Morgan fingerprint density at radius 3 is 2.76 bits per heavy atom. The maximum Gasteiger partial charge on any atom is 0.256 e. The molecule has 1 aromatic carbocycles. The maximum absolute atomic E-state index is 12.8. The molecule has 21 heavy (non-hydrogen) atoms. The molecule has 5 nitrogen and oxygen atoms in total. The number of benzene rings is 1. The molecule has 0 aliphatic heterocycles. The van der Waals surface area contributed by atoms with Gasteiger partial charge in [0, 0.05) is 6.04 Å². The second kappa shape index (κ2) is 6.80. The van der Waals surface area contributed by atoms with Gasteiger partial charge in [0.05, 0.1) is 17.1 Å². The van der Waals surface area contributed by atoms with Gasteiger partial charge in [-0.2, -0.15) is 0 Å². The highest BCUT2D eigenvalue weighted by Gasteiger charge is 2.29. The average molecular weight is 310 g/mol. The topological polar surface area (TPSA) is 78.9 Å². The summed E-state index contributed by atoms with van der Waals surface area (Å²) in [5.41, 5.74) is 6.92. The van der Waals surface area contributed by atoms with E-state index in [1.807, 2.05) is 19.1 Å². The summed E-state index contributed by atoms with van der Waals surface area (Å²) in [6, 6.07) is 5.51. The van der Waals surface area contributed by atoms with Gasteiger partial charge in [0.2, 0.25) is 0 Å². The molecule has 114 valence electrons. The van der Waals surface area contributed by atoms with Crippen molar-refractivity contribution in [1.82, 2.24) is 4.90 Å². The van der Waals surface area contributed by atoms with Crippen molar-refractivity contribution < 1.29 is 10.0 Å². The molecular formula is C15H20ClN3O2. The van der Waals surface area contributed by atoms with Crippen molar-refractivity contribution in [2.24, 2.45) is 10.9 Å². The van der Waals surface area contributed by atoms with E-state index in [1.165, 1.54) is 0 Å². The number of carbonyl (C=O) groups excluding carboxylic acids is 1. The minimum Gasteiger partial charge on any atom is -0.409 e. The lowest BCUT2D eigenvalue weighted by Crippen LogP contribution is -2.44. The van der Waals surface area contributed by atoms with Crippen LogP contribution in [0.25, 0.3) is 0 Å². The highest BCUT2D eigenvalue weighted by Crippen LogP contribution is 2.27. The zero-order valence-corrected chi connectivity index (χ0v) is 12.8. The van der Waals surface area contributed by atoms with Crippen LogP contribution in [0, 0.1) is 6.92 Å². The molecular weight excluding hydrogens is 290 g/mol. The lowest BCUT2D eigenvalue weighted by atomic mass is 10.1. The van der Waals surface area contributed by atoms with Gasteiger partial charge in [-0.3, -0.25) is 4.79 Å². The van der Waals surface area contributed by atoms with Crippen molar-refractivity contribution in [1.29, 1.82) is 0 Å². The van der Waals surface area contributed by atoms with Gasteiger partial charge in [0.25, 0.3) is 5.91 Å². The normalized spacial score (nSPS) is 16.2. The molecule has 1 aliphatic rings. The molecule has 1 saturated carbocycles. The Balaban J connectivity index is 2.30. The van der Waals surface area contributed by atoms with E-state index < -0.39 is 0 Å². The number of hydrogen-bond donors (Lipinski definition) is 2. The van der Waals surface area contributed by atoms with Crippen molar-refractivity contribution in [2.75, 3.05) is 6.54 Å². The minimum absolute atomic E-state index is 0.0269. The van der Waals surface area contributed by atoms with Crippen LogP contribution in [0.15, 0.2) is 23.4 Å². The summed E-state index contributed by atoms with van der Waals surface area (Å²) in [5, 5.41) is 12.2. The predicted molar refractivity (Wildman–Crippen MR) is 82.9 cm³/mol. The average Bonchev–Trinajstić information content (AvgIpc) is 3.00. The van der Waals surface area contributed by atoms with E-state index in [0.717, 1.165) is 31.2 Å². The van der Waals surface area contributed by atoms with Crippen molar-refractivity contribution in [3.63, 3.8) is 0 Å². The van der Waals surface area contributed by atoms with Crippen LogP contribution in [0.1, 0.15) is 41.6 Å². The first-order valence-corrected chi connectivity index (χ1v) is 7.45. The smallest absolute Gasteiger partial charge is 0.256 e. The highest BCUT2D eigenvalue weighted by molar-refractivity contribution is 6.34. The largest absolute Gasteiger partial charge is 0.409 e. The van der Waals surface area contributed by atoms with Gasteiger partial charge in [-0.15, -0.1) is 0 Å². The van der Waals surface area contributed by atoms with Crippen LogP contribution in [0.3, 0.4) is 0 Å². The van der Waals surface area contributed by atoms with Crippen LogP contribution < -0.4 is 5.73 Å². The van der Waals surface area contributed by atoms with Crippen molar-refractivity contribution in [3.05, 3.63) is 34.3 Å². The van der Waals surface area contributed by atoms with Crippen molar-refractivity contribution in [3.8, 4) is 0 Å². The summed E-state index contributed by atoms with van der Waals surface area (Å²) in [4.78, 5) is 14.5. The molecule has 0 atom stereocenters. The molecule has 1 amide bonds. The second-order valence-electron chi connectivity index (χ2n) is 5.40. The van der Waals surface area contributed by atoms with Gasteiger partial charge >= 0.3 is 0 Å². The van der Waals surface area contributed by atoms with Crippen LogP contribution in [0.2, 0.25) is 5.02 Å². The lowest BCUT2D eigenvalue weighted by molar-refractivity contribution is 0.0712. The lowest BCUT2D eigenvalue weighted by Gasteiger charge is -2.29. The molecule has 1 aliphatic carbocycles. The van der Waals surface area contributed by atoms with E-state index in [-0.39, 0.29) is 24.3 Å².